The molecule has 2 saturated heterocycles. The maximum atomic E-state index is 14.0. The predicted octanol–water partition coefficient (Wildman–Crippen LogP) is 4.65. The third kappa shape index (κ3) is 6.14. The predicted molar refractivity (Wildman–Crippen MR) is 152 cm³/mol. The van der Waals surface area contributed by atoms with Crippen LogP contribution in [0.2, 0.25) is 5.02 Å². The summed E-state index contributed by atoms with van der Waals surface area (Å²) < 4.78 is 34.7. The molecule has 5 rings (SSSR count). The normalized spacial score (nSPS) is 19.2. The van der Waals surface area contributed by atoms with Gasteiger partial charge < -0.3 is 4.74 Å². The number of halogens is 2. The molecule has 0 saturated carbocycles. The summed E-state index contributed by atoms with van der Waals surface area (Å²) >= 11 is 8.88. The van der Waals surface area contributed by atoms with Crippen LogP contribution in [-0.4, -0.2) is 80.5 Å². The molecule has 0 bridgehead atoms. The Bertz CT molecular complexity index is 1330. The van der Waals surface area contributed by atoms with Crippen LogP contribution in [0.5, 0.6) is 0 Å². The highest BCUT2D eigenvalue weighted by Crippen LogP contribution is 2.35. The van der Waals surface area contributed by atoms with Crippen LogP contribution in [0.15, 0.2) is 33.9 Å². The Morgan fingerprint density at radius 3 is 2.78 bits per heavy atom. The molecule has 2 aliphatic heterocycles. The number of rotatable bonds is 8. The number of sulfonamides is 1. The van der Waals surface area contributed by atoms with Gasteiger partial charge in [0, 0.05) is 37.7 Å². The van der Waals surface area contributed by atoms with E-state index in [4.69, 9.17) is 21.3 Å². The van der Waals surface area contributed by atoms with Crippen molar-refractivity contribution in [1.82, 2.24) is 14.2 Å². The summed E-state index contributed by atoms with van der Waals surface area (Å²) in [7, 11) is -3.73. The number of hydrogen-bond donors (Lipinski definition) is 0. The van der Waals surface area contributed by atoms with Gasteiger partial charge in [0.25, 0.3) is 10.0 Å². The van der Waals surface area contributed by atoms with Crippen LogP contribution < -0.4 is 4.90 Å². The maximum Gasteiger partial charge on any atom is 0.253 e. The van der Waals surface area contributed by atoms with Gasteiger partial charge in [-0.25, -0.2) is 13.4 Å². The average Bonchev–Trinajstić information content (AvgIpc) is 3.63. The molecule has 2 fully saturated rings. The SMILES string of the molecule is Cc1cc(Cl)cc2sc(N(CCCN3CCOCC3)C(=O)C3CCCN3S(=O)(=O)c3cccs3)nc12.Cl. The first kappa shape index (κ1) is 28.7. The van der Waals surface area contributed by atoms with Crippen molar-refractivity contribution in [1.29, 1.82) is 0 Å². The number of aryl methyl sites for hydroxylation is 1. The molecule has 0 spiro atoms. The van der Waals surface area contributed by atoms with Gasteiger partial charge in [0.15, 0.2) is 5.13 Å². The topological polar surface area (TPSA) is 83.0 Å². The lowest BCUT2D eigenvalue weighted by atomic mass is 10.2. The van der Waals surface area contributed by atoms with Crippen LogP contribution >= 0.6 is 46.7 Å². The molecule has 37 heavy (non-hydrogen) atoms. The number of benzene rings is 1. The lowest BCUT2D eigenvalue weighted by Gasteiger charge is -2.30. The molecular weight excluding hydrogens is 575 g/mol. The van der Waals surface area contributed by atoms with E-state index in [-0.39, 0.29) is 22.5 Å². The number of fused-ring (bicyclic) bond motifs is 1. The zero-order chi connectivity index (χ0) is 25.3. The minimum atomic E-state index is -3.73. The van der Waals surface area contributed by atoms with Gasteiger partial charge in [0.2, 0.25) is 5.91 Å². The summed E-state index contributed by atoms with van der Waals surface area (Å²) in [5, 5.41) is 2.96. The van der Waals surface area contributed by atoms with E-state index in [9.17, 15) is 13.2 Å². The Morgan fingerprint density at radius 2 is 2.05 bits per heavy atom. The van der Waals surface area contributed by atoms with Gasteiger partial charge in [-0.05, 0) is 55.3 Å². The highest BCUT2D eigenvalue weighted by atomic mass is 35.5. The number of hydrogen-bond acceptors (Lipinski definition) is 8. The Balaban J connectivity index is 0.00000320. The van der Waals surface area contributed by atoms with E-state index in [0.29, 0.717) is 36.1 Å². The molecule has 1 atom stereocenters. The molecule has 0 N–H and O–H groups in total. The van der Waals surface area contributed by atoms with E-state index in [0.717, 1.165) is 55.0 Å². The number of amides is 1. The van der Waals surface area contributed by atoms with Crippen LogP contribution in [0.4, 0.5) is 5.13 Å². The largest absolute Gasteiger partial charge is 0.379 e. The fraction of sp³-hybridized carbons (Fsp3) is 0.500. The van der Waals surface area contributed by atoms with Gasteiger partial charge in [0.1, 0.15) is 10.3 Å². The molecule has 0 radical (unpaired) electrons. The smallest absolute Gasteiger partial charge is 0.253 e. The second-order valence-corrected chi connectivity index (χ2v) is 13.6. The minimum Gasteiger partial charge on any atom is -0.379 e. The van der Waals surface area contributed by atoms with Crippen molar-refractivity contribution < 1.29 is 17.9 Å². The highest BCUT2D eigenvalue weighted by molar-refractivity contribution is 7.91. The number of thiophene rings is 1. The molecule has 2 aliphatic rings. The van der Waals surface area contributed by atoms with Gasteiger partial charge in [-0.1, -0.05) is 29.0 Å². The highest BCUT2D eigenvalue weighted by Gasteiger charge is 2.42. The van der Waals surface area contributed by atoms with Crippen molar-refractivity contribution in [3.05, 3.63) is 40.2 Å². The Hall–Kier alpha value is -1.31. The number of ether oxygens (including phenoxy) is 1. The Kier molecular flexibility index (Phi) is 9.50. The summed E-state index contributed by atoms with van der Waals surface area (Å²) in [4.78, 5) is 22.9. The zero-order valence-electron chi connectivity index (χ0n) is 20.5. The standard InChI is InChI=1S/C24H29ClN4O4S3.ClH/c1-17-15-18(25)16-20-22(17)26-24(35-20)28(8-4-7-27-10-12-33-13-11-27)23(30)19-5-2-9-29(19)36(31,32)21-6-3-14-34-21;/h3,6,14-16,19H,2,4-5,7-13H2,1H3;1H. The van der Waals surface area contributed by atoms with Crippen molar-refractivity contribution in [2.45, 2.75) is 36.4 Å². The minimum absolute atomic E-state index is 0. The van der Waals surface area contributed by atoms with Crippen LogP contribution in [0.1, 0.15) is 24.8 Å². The van der Waals surface area contributed by atoms with E-state index < -0.39 is 16.1 Å². The molecule has 202 valence electrons. The molecule has 2 aromatic heterocycles. The number of nitrogens with zero attached hydrogens (tertiary/aromatic N) is 4. The van der Waals surface area contributed by atoms with Crippen molar-refractivity contribution in [2.24, 2.45) is 0 Å². The second kappa shape index (κ2) is 12.3. The fourth-order valence-electron chi connectivity index (χ4n) is 4.82. The lowest BCUT2D eigenvalue weighted by molar-refractivity contribution is -0.121. The number of morpholine rings is 1. The van der Waals surface area contributed by atoms with Crippen molar-refractivity contribution >= 4 is 78.0 Å². The first-order valence-electron chi connectivity index (χ1n) is 12.1. The van der Waals surface area contributed by atoms with Crippen LogP contribution in [0, 0.1) is 6.92 Å². The van der Waals surface area contributed by atoms with E-state index in [1.54, 1.807) is 22.4 Å². The first-order chi connectivity index (χ1) is 17.3. The molecule has 1 unspecified atom stereocenters. The zero-order valence-corrected chi connectivity index (χ0v) is 24.5. The number of anilines is 1. The van der Waals surface area contributed by atoms with E-state index >= 15 is 0 Å². The molecule has 4 heterocycles. The van der Waals surface area contributed by atoms with Crippen molar-refractivity contribution in [2.75, 3.05) is 50.8 Å². The number of aromatic nitrogens is 1. The van der Waals surface area contributed by atoms with Gasteiger partial charge in [0.05, 0.1) is 23.4 Å². The van der Waals surface area contributed by atoms with Crippen LogP contribution in [-0.2, 0) is 19.6 Å². The molecule has 3 aromatic rings. The van der Waals surface area contributed by atoms with E-state index in [2.05, 4.69) is 4.90 Å². The van der Waals surface area contributed by atoms with Gasteiger partial charge in [-0.15, -0.1) is 23.7 Å². The third-order valence-corrected chi connectivity index (χ3v) is 11.2. The fourth-order valence-corrected chi connectivity index (χ4v) is 9.04. The van der Waals surface area contributed by atoms with Crippen molar-refractivity contribution in [3.63, 3.8) is 0 Å². The Labute approximate surface area is 236 Å². The van der Waals surface area contributed by atoms with Crippen LogP contribution in [0.25, 0.3) is 10.2 Å². The van der Waals surface area contributed by atoms with E-state index in [1.165, 1.54) is 27.0 Å². The summed E-state index contributed by atoms with van der Waals surface area (Å²) in [5.41, 5.74) is 1.77. The van der Waals surface area contributed by atoms with Gasteiger partial charge in [-0.3, -0.25) is 14.6 Å². The number of carbonyl (C=O) groups is 1. The quantitative estimate of drug-likeness (QED) is 0.372. The van der Waals surface area contributed by atoms with Crippen molar-refractivity contribution in [3.8, 4) is 0 Å². The maximum absolute atomic E-state index is 14.0. The summed E-state index contributed by atoms with van der Waals surface area (Å²) in [6.45, 7) is 6.79. The molecule has 1 aromatic carbocycles. The van der Waals surface area contributed by atoms with E-state index in [1.807, 2.05) is 19.1 Å². The van der Waals surface area contributed by atoms with Gasteiger partial charge >= 0.3 is 0 Å². The van der Waals surface area contributed by atoms with Gasteiger partial charge in [-0.2, -0.15) is 4.31 Å². The second-order valence-electron chi connectivity index (χ2n) is 9.07. The average molecular weight is 606 g/mol. The summed E-state index contributed by atoms with van der Waals surface area (Å²) in [6.07, 6.45) is 1.90. The summed E-state index contributed by atoms with van der Waals surface area (Å²) in [5.74, 6) is -0.211. The lowest BCUT2D eigenvalue weighted by Crippen LogP contribution is -2.48. The number of thiazole rings is 1. The number of carbonyl (C=O) groups excluding carboxylic acids is 1. The Morgan fingerprint density at radius 1 is 1.27 bits per heavy atom. The molecular formula is C24H30Cl2N4O4S3. The first-order valence-corrected chi connectivity index (χ1v) is 15.6. The monoisotopic (exact) mass is 604 g/mol. The third-order valence-electron chi connectivity index (χ3n) is 6.64. The summed E-state index contributed by atoms with van der Waals surface area (Å²) in [6, 6.07) is 6.31. The van der Waals surface area contributed by atoms with Crippen LogP contribution in [0.3, 0.4) is 0 Å². The molecule has 0 aliphatic carbocycles. The molecule has 1 amide bonds. The molecule has 8 nitrogen and oxygen atoms in total. The molecule has 13 heteroatoms.